The Morgan fingerprint density at radius 3 is 2.61 bits per heavy atom. The molecule has 23 heavy (non-hydrogen) atoms. The smallest absolute Gasteiger partial charge is 0.257 e. The van der Waals surface area contributed by atoms with Gasteiger partial charge in [-0.15, -0.1) is 0 Å². The van der Waals surface area contributed by atoms with Crippen molar-refractivity contribution in [2.75, 3.05) is 20.3 Å². The molecule has 0 aliphatic rings. The molecule has 1 amide bonds. The van der Waals surface area contributed by atoms with Gasteiger partial charge >= 0.3 is 0 Å². The number of ether oxygens (including phenoxy) is 2. The fraction of sp³-hybridized carbons (Fsp3) is 0.294. The number of benzene rings is 1. The van der Waals surface area contributed by atoms with Crippen molar-refractivity contribution in [2.24, 2.45) is 0 Å². The molecule has 2 N–H and O–H groups in total. The summed E-state index contributed by atoms with van der Waals surface area (Å²) >= 11 is 0. The summed E-state index contributed by atoms with van der Waals surface area (Å²) in [4.78, 5) is 26.2. The normalized spacial score (nSPS) is 10.2. The van der Waals surface area contributed by atoms with Crippen LogP contribution in [0.3, 0.4) is 0 Å². The van der Waals surface area contributed by atoms with E-state index in [1.54, 1.807) is 20.2 Å². The predicted molar refractivity (Wildman–Crippen MR) is 87.0 cm³/mol. The summed E-state index contributed by atoms with van der Waals surface area (Å²) in [5.74, 6) is 0.716. The van der Waals surface area contributed by atoms with Gasteiger partial charge in [0, 0.05) is 18.8 Å². The molecule has 0 spiro atoms. The zero-order valence-corrected chi connectivity index (χ0v) is 13.2. The van der Waals surface area contributed by atoms with Gasteiger partial charge in [0.2, 0.25) is 5.43 Å². The van der Waals surface area contributed by atoms with Crippen molar-refractivity contribution in [1.29, 1.82) is 0 Å². The lowest BCUT2D eigenvalue weighted by Gasteiger charge is -2.09. The van der Waals surface area contributed by atoms with E-state index in [2.05, 4.69) is 10.3 Å². The molecule has 0 saturated heterocycles. The molecule has 6 heteroatoms. The van der Waals surface area contributed by atoms with Crippen molar-refractivity contribution in [2.45, 2.75) is 13.3 Å². The van der Waals surface area contributed by atoms with E-state index >= 15 is 0 Å². The average Bonchev–Trinajstić information content (AvgIpc) is 2.55. The third-order valence-corrected chi connectivity index (χ3v) is 3.34. The summed E-state index contributed by atoms with van der Waals surface area (Å²) in [6.07, 6.45) is 2.25. The minimum Gasteiger partial charge on any atom is -0.497 e. The van der Waals surface area contributed by atoms with Crippen LogP contribution in [0.5, 0.6) is 11.5 Å². The van der Waals surface area contributed by atoms with E-state index in [0.29, 0.717) is 18.7 Å². The van der Waals surface area contributed by atoms with Crippen molar-refractivity contribution >= 4 is 5.91 Å². The number of H-pyrrole nitrogens is 1. The molecular weight excluding hydrogens is 296 g/mol. The van der Waals surface area contributed by atoms with Gasteiger partial charge in [-0.05, 0) is 31.0 Å². The molecule has 122 valence electrons. The molecule has 0 unspecified atom stereocenters. The molecule has 1 aromatic heterocycles. The summed E-state index contributed by atoms with van der Waals surface area (Å²) in [6, 6.07) is 9.03. The van der Waals surface area contributed by atoms with Crippen molar-refractivity contribution < 1.29 is 14.3 Å². The number of rotatable bonds is 7. The number of aryl methyl sites for hydroxylation is 1. The van der Waals surface area contributed by atoms with Gasteiger partial charge in [0.15, 0.2) is 12.4 Å². The van der Waals surface area contributed by atoms with Crippen LogP contribution in [-0.4, -0.2) is 31.2 Å². The van der Waals surface area contributed by atoms with Crippen molar-refractivity contribution in [3.05, 3.63) is 58.0 Å². The molecular formula is C17H20N2O4. The highest BCUT2D eigenvalue weighted by Crippen LogP contribution is 2.11. The molecule has 0 fully saturated rings. The summed E-state index contributed by atoms with van der Waals surface area (Å²) in [7, 11) is 1.62. The topological polar surface area (TPSA) is 80.4 Å². The number of pyridine rings is 1. The number of nitrogens with one attached hydrogen (secondary N) is 2. The molecule has 0 saturated carbocycles. The number of hydrogen-bond acceptors (Lipinski definition) is 4. The Hall–Kier alpha value is -2.76. The molecule has 0 atom stereocenters. The Labute approximate surface area is 134 Å². The number of aromatic amines is 1. The van der Waals surface area contributed by atoms with Gasteiger partial charge in [0.25, 0.3) is 5.91 Å². The first-order valence-corrected chi connectivity index (χ1v) is 7.31. The van der Waals surface area contributed by atoms with E-state index in [9.17, 15) is 9.59 Å². The minimum atomic E-state index is -0.263. The van der Waals surface area contributed by atoms with Gasteiger partial charge in [-0.2, -0.15) is 0 Å². The SMILES string of the molecule is COc1ccc(CCNC(=O)COc2c(C)[nH]ccc2=O)cc1. The van der Waals surface area contributed by atoms with Gasteiger partial charge < -0.3 is 19.8 Å². The summed E-state index contributed by atoms with van der Waals surface area (Å²) in [6.45, 7) is 2.04. The molecule has 2 aromatic rings. The fourth-order valence-corrected chi connectivity index (χ4v) is 2.07. The van der Waals surface area contributed by atoms with Crippen LogP contribution in [0.25, 0.3) is 0 Å². The number of carbonyl (C=O) groups is 1. The van der Waals surface area contributed by atoms with Crippen LogP contribution in [0.15, 0.2) is 41.3 Å². The predicted octanol–water partition coefficient (Wildman–Crippen LogP) is 1.43. The van der Waals surface area contributed by atoms with Gasteiger partial charge in [0.1, 0.15) is 5.75 Å². The van der Waals surface area contributed by atoms with Crippen LogP contribution in [0.1, 0.15) is 11.3 Å². The van der Waals surface area contributed by atoms with Crippen LogP contribution in [0, 0.1) is 6.92 Å². The first-order valence-electron chi connectivity index (χ1n) is 7.31. The lowest BCUT2D eigenvalue weighted by atomic mass is 10.1. The summed E-state index contributed by atoms with van der Waals surface area (Å²) < 4.78 is 10.4. The molecule has 1 heterocycles. The monoisotopic (exact) mass is 316 g/mol. The summed E-state index contributed by atoms with van der Waals surface area (Å²) in [5, 5.41) is 2.76. The Balaban J connectivity index is 1.76. The molecule has 6 nitrogen and oxygen atoms in total. The van der Waals surface area contributed by atoms with E-state index in [1.165, 1.54) is 6.07 Å². The van der Waals surface area contributed by atoms with E-state index in [-0.39, 0.29) is 23.7 Å². The zero-order valence-electron chi connectivity index (χ0n) is 13.2. The van der Waals surface area contributed by atoms with E-state index in [4.69, 9.17) is 9.47 Å². The van der Waals surface area contributed by atoms with Gasteiger partial charge in [-0.25, -0.2) is 0 Å². The number of methoxy groups -OCH3 is 1. The maximum Gasteiger partial charge on any atom is 0.257 e. The van der Waals surface area contributed by atoms with Gasteiger partial charge in [0.05, 0.1) is 12.8 Å². The van der Waals surface area contributed by atoms with Crippen LogP contribution in [0.4, 0.5) is 0 Å². The lowest BCUT2D eigenvalue weighted by Crippen LogP contribution is -2.31. The molecule has 0 bridgehead atoms. The molecule has 0 radical (unpaired) electrons. The molecule has 1 aromatic carbocycles. The fourth-order valence-electron chi connectivity index (χ4n) is 2.07. The second-order valence-corrected chi connectivity index (χ2v) is 5.03. The maximum atomic E-state index is 11.8. The van der Waals surface area contributed by atoms with Crippen LogP contribution in [-0.2, 0) is 11.2 Å². The van der Waals surface area contributed by atoms with Gasteiger partial charge in [-0.3, -0.25) is 9.59 Å². The van der Waals surface area contributed by atoms with Gasteiger partial charge in [-0.1, -0.05) is 12.1 Å². The molecule has 0 aliphatic heterocycles. The number of aromatic nitrogens is 1. The quantitative estimate of drug-likeness (QED) is 0.810. The van der Waals surface area contributed by atoms with Crippen LogP contribution >= 0.6 is 0 Å². The highest BCUT2D eigenvalue weighted by Gasteiger charge is 2.07. The highest BCUT2D eigenvalue weighted by atomic mass is 16.5. The third kappa shape index (κ3) is 4.88. The van der Waals surface area contributed by atoms with Crippen molar-refractivity contribution in [3.8, 4) is 11.5 Å². The Kier molecular flexibility index (Phi) is 5.80. The number of hydrogen-bond donors (Lipinski definition) is 2. The van der Waals surface area contributed by atoms with Crippen molar-refractivity contribution in [3.63, 3.8) is 0 Å². The molecule has 2 rings (SSSR count). The first kappa shape index (κ1) is 16.6. The Morgan fingerprint density at radius 1 is 1.22 bits per heavy atom. The van der Waals surface area contributed by atoms with E-state index in [0.717, 1.165) is 11.3 Å². The minimum absolute atomic E-state index is 0.179. The van der Waals surface area contributed by atoms with E-state index in [1.807, 2.05) is 24.3 Å². The summed E-state index contributed by atoms with van der Waals surface area (Å²) in [5.41, 5.74) is 1.46. The third-order valence-electron chi connectivity index (χ3n) is 3.34. The van der Waals surface area contributed by atoms with Crippen LogP contribution < -0.4 is 20.2 Å². The Bertz CT molecular complexity index is 707. The number of carbonyl (C=O) groups excluding carboxylic acids is 1. The van der Waals surface area contributed by atoms with Crippen LogP contribution in [0.2, 0.25) is 0 Å². The Morgan fingerprint density at radius 2 is 1.96 bits per heavy atom. The largest absolute Gasteiger partial charge is 0.497 e. The molecule has 0 aliphatic carbocycles. The van der Waals surface area contributed by atoms with E-state index < -0.39 is 0 Å². The standard InChI is InChI=1S/C17H20N2O4/c1-12-17(15(20)8-10-18-12)23-11-16(21)19-9-7-13-3-5-14(22-2)6-4-13/h3-6,8,10H,7,9,11H2,1-2H3,(H,18,20)(H,19,21). The number of amides is 1. The highest BCUT2D eigenvalue weighted by molar-refractivity contribution is 5.77. The second-order valence-electron chi connectivity index (χ2n) is 5.03. The first-order chi connectivity index (χ1) is 11.1. The zero-order chi connectivity index (χ0) is 16.7. The van der Waals surface area contributed by atoms with Crippen molar-refractivity contribution in [1.82, 2.24) is 10.3 Å². The second kappa shape index (κ2) is 8.03. The average molecular weight is 316 g/mol. The lowest BCUT2D eigenvalue weighted by molar-refractivity contribution is -0.123. The maximum absolute atomic E-state index is 11.8.